The molecule has 0 unspecified atom stereocenters. The lowest BCUT2D eigenvalue weighted by molar-refractivity contribution is -0.383. The number of hydrogen-bond acceptors (Lipinski definition) is 6. The summed E-state index contributed by atoms with van der Waals surface area (Å²) in [5.74, 6) is -1.35. The molecule has 0 heterocycles. The number of carbonyl (C=O) groups is 1. The van der Waals surface area contributed by atoms with Crippen molar-refractivity contribution in [1.29, 1.82) is 0 Å². The van der Waals surface area contributed by atoms with Gasteiger partial charge in [0.1, 0.15) is 22.6 Å². The summed E-state index contributed by atoms with van der Waals surface area (Å²) in [5.41, 5.74) is 3.46. The van der Waals surface area contributed by atoms with Crippen LogP contribution in [0.5, 0.6) is 5.75 Å². The van der Waals surface area contributed by atoms with Crippen LogP contribution in [0.15, 0.2) is 12.1 Å². The van der Waals surface area contributed by atoms with Crippen molar-refractivity contribution in [3.8, 4) is 5.75 Å². The Kier molecular flexibility index (Phi) is 3.45. The summed E-state index contributed by atoms with van der Waals surface area (Å²) < 4.78 is 5.02. The maximum absolute atomic E-state index is 11.8. The molecule has 18 heavy (non-hydrogen) atoms. The molecule has 3 N–H and O–H groups in total. The van der Waals surface area contributed by atoms with Crippen molar-refractivity contribution >= 4 is 17.3 Å². The Balaban J connectivity index is 3.28. The zero-order chi connectivity index (χ0) is 14.1. The lowest BCUT2D eigenvalue weighted by Gasteiger charge is -2.20. The topological polar surface area (TPSA) is 116 Å². The van der Waals surface area contributed by atoms with Gasteiger partial charge in [0, 0.05) is 6.07 Å². The van der Waals surface area contributed by atoms with Gasteiger partial charge in [0.2, 0.25) is 0 Å². The summed E-state index contributed by atoms with van der Waals surface area (Å²) in [4.78, 5) is 21.7. The first-order valence-corrected chi connectivity index (χ1v) is 5.12. The van der Waals surface area contributed by atoms with E-state index in [1.165, 1.54) is 0 Å². The molecular formula is C11H14N2O5. The molecule has 0 bridgehead atoms. The first-order valence-electron chi connectivity index (χ1n) is 5.12. The van der Waals surface area contributed by atoms with Crippen LogP contribution in [0.25, 0.3) is 0 Å². The zero-order valence-corrected chi connectivity index (χ0v) is 10.3. The number of phenolic OH excluding ortho intramolecular Hbond substituents is 1. The minimum absolute atomic E-state index is 0.390. The normalized spacial score (nSPS) is 11.1. The zero-order valence-electron chi connectivity index (χ0n) is 10.3. The molecule has 0 aliphatic rings. The predicted octanol–water partition coefficient (Wildman–Crippen LogP) is 1.84. The monoisotopic (exact) mass is 254 g/mol. The summed E-state index contributed by atoms with van der Waals surface area (Å²) in [6, 6.07) is 2.06. The van der Waals surface area contributed by atoms with Crippen LogP contribution in [0.4, 0.5) is 11.4 Å². The average molecular weight is 254 g/mol. The number of phenols is 1. The first-order chi connectivity index (χ1) is 8.13. The van der Waals surface area contributed by atoms with Crippen molar-refractivity contribution in [1.82, 2.24) is 0 Å². The van der Waals surface area contributed by atoms with Crippen molar-refractivity contribution < 1.29 is 19.6 Å². The Morgan fingerprint density at radius 3 is 2.44 bits per heavy atom. The van der Waals surface area contributed by atoms with E-state index in [4.69, 9.17) is 10.5 Å². The lowest BCUT2D eigenvalue weighted by atomic mass is 10.1. The van der Waals surface area contributed by atoms with Crippen LogP contribution in [0.2, 0.25) is 0 Å². The van der Waals surface area contributed by atoms with Gasteiger partial charge in [0.25, 0.3) is 5.69 Å². The number of hydrogen-bond donors (Lipinski definition) is 2. The third-order valence-electron chi connectivity index (χ3n) is 2.00. The van der Waals surface area contributed by atoms with Gasteiger partial charge in [-0.2, -0.15) is 0 Å². The smallest absolute Gasteiger partial charge is 0.344 e. The van der Waals surface area contributed by atoms with E-state index in [1.54, 1.807) is 20.8 Å². The van der Waals surface area contributed by atoms with Crippen molar-refractivity contribution in [3.05, 3.63) is 27.8 Å². The van der Waals surface area contributed by atoms with Gasteiger partial charge in [-0.3, -0.25) is 10.1 Å². The van der Waals surface area contributed by atoms with Gasteiger partial charge in [-0.1, -0.05) is 0 Å². The van der Waals surface area contributed by atoms with E-state index in [2.05, 4.69) is 0 Å². The number of ether oxygens (including phenoxy) is 1. The quantitative estimate of drug-likeness (QED) is 0.360. The average Bonchev–Trinajstić information content (AvgIpc) is 2.13. The number of anilines is 1. The number of nitrogens with two attached hydrogens (primary N) is 1. The highest BCUT2D eigenvalue weighted by molar-refractivity contribution is 6.00. The van der Waals surface area contributed by atoms with Gasteiger partial charge in [-0.25, -0.2) is 4.79 Å². The number of nitrogens with zero attached hydrogens (tertiary/aromatic N) is 1. The summed E-state index contributed by atoms with van der Waals surface area (Å²) in [5, 5.41) is 20.2. The van der Waals surface area contributed by atoms with Crippen LogP contribution in [-0.4, -0.2) is 21.6 Å². The molecule has 98 valence electrons. The fraction of sp³-hybridized carbons (Fsp3) is 0.364. The van der Waals surface area contributed by atoms with Crippen molar-refractivity contribution in [3.63, 3.8) is 0 Å². The molecule has 7 heteroatoms. The number of nitrogen functional groups attached to an aromatic ring is 1. The highest BCUT2D eigenvalue weighted by atomic mass is 16.6. The molecule has 0 amide bonds. The molecule has 0 aliphatic heterocycles. The lowest BCUT2D eigenvalue weighted by Crippen LogP contribution is -2.24. The van der Waals surface area contributed by atoms with Crippen LogP contribution in [-0.2, 0) is 4.74 Å². The van der Waals surface area contributed by atoms with Gasteiger partial charge < -0.3 is 15.6 Å². The molecule has 0 fully saturated rings. The van der Waals surface area contributed by atoms with Gasteiger partial charge in [0.15, 0.2) is 0 Å². The number of carbonyl (C=O) groups excluding carboxylic acids is 1. The number of nitro benzene ring substituents is 1. The SMILES string of the molecule is CC(C)(C)OC(=O)c1c(O)ccc([N+](=O)[O-])c1N. The van der Waals surface area contributed by atoms with E-state index in [1.807, 2.05) is 0 Å². The number of esters is 1. The van der Waals surface area contributed by atoms with E-state index < -0.39 is 33.6 Å². The third kappa shape index (κ3) is 2.88. The van der Waals surface area contributed by atoms with E-state index in [9.17, 15) is 20.0 Å². The summed E-state index contributed by atoms with van der Waals surface area (Å²) in [7, 11) is 0. The van der Waals surface area contributed by atoms with Crippen LogP contribution < -0.4 is 5.73 Å². The number of nitro groups is 1. The summed E-state index contributed by atoms with van der Waals surface area (Å²) >= 11 is 0. The number of rotatable bonds is 2. The molecule has 1 rings (SSSR count). The molecule has 0 atom stereocenters. The second kappa shape index (κ2) is 4.52. The molecule has 1 aromatic carbocycles. The third-order valence-corrected chi connectivity index (χ3v) is 2.00. The number of benzene rings is 1. The fourth-order valence-corrected chi connectivity index (χ4v) is 1.30. The minimum atomic E-state index is -0.902. The molecule has 0 saturated heterocycles. The Morgan fingerprint density at radius 2 is 2.00 bits per heavy atom. The molecule has 0 spiro atoms. The van der Waals surface area contributed by atoms with Gasteiger partial charge in [-0.15, -0.1) is 0 Å². The highest BCUT2D eigenvalue weighted by Crippen LogP contribution is 2.33. The second-order valence-corrected chi connectivity index (χ2v) is 4.65. The standard InChI is InChI=1S/C11H14N2O5/c1-11(2,3)18-10(15)8-7(14)5-4-6(9(8)12)13(16)17/h4-5,14H,12H2,1-3H3. The van der Waals surface area contributed by atoms with E-state index >= 15 is 0 Å². The number of aromatic hydroxyl groups is 1. The molecule has 0 aromatic heterocycles. The van der Waals surface area contributed by atoms with Gasteiger partial charge in [0.05, 0.1) is 4.92 Å². The molecule has 7 nitrogen and oxygen atoms in total. The van der Waals surface area contributed by atoms with E-state index in [0.29, 0.717) is 0 Å². The maximum Gasteiger partial charge on any atom is 0.344 e. The van der Waals surface area contributed by atoms with Crippen LogP contribution in [0, 0.1) is 10.1 Å². The second-order valence-electron chi connectivity index (χ2n) is 4.65. The fourth-order valence-electron chi connectivity index (χ4n) is 1.30. The van der Waals surface area contributed by atoms with Crippen LogP contribution >= 0.6 is 0 Å². The van der Waals surface area contributed by atoms with E-state index in [0.717, 1.165) is 12.1 Å². The molecular weight excluding hydrogens is 240 g/mol. The van der Waals surface area contributed by atoms with Gasteiger partial charge >= 0.3 is 5.97 Å². The Morgan fingerprint density at radius 1 is 1.44 bits per heavy atom. The predicted molar refractivity (Wildman–Crippen MR) is 64.3 cm³/mol. The Hall–Kier alpha value is -2.31. The molecule has 1 aromatic rings. The minimum Gasteiger partial charge on any atom is -0.507 e. The summed E-state index contributed by atoms with van der Waals surface area (Å²) in [6.07, 6.45) is 0. The summed E-state index contributed by atoms with van der Waals surface area (Å²) in [6.45, 7) is 4.90. The van der Waals surface area contributed by atoms with Crippen molar-refractivity contribution in [2.45, 2.75) is 26.4 Å². The van der Waals surface area contributed by atoms with Crippen LogP contribution in [0.3, 0.4) is 0 Å². The van der Waals surface area contributed by atoms with E-state index in [-0.39, 0.29) is 5.56 Å². The Bertz CT molecular complexity index is 505. The first kappa shape index (κ1) is 13.8. The van der Waals surface area contributed by atoms with Crippen molar-refractivity contribution in [2.75, 3.05) is 5.73 Å². The highest BCUT2D eigenvalue weighted by Gasteiger charge is 2.27. The molecule has 0 radical (unpaired) electrons. The largest absolute Gasteiger partial charge is 0.507 e. The molecule has 0 aliphatic carbocycles. The van der Waals surface area contributed by atoms with Gasteiger partial charge in [-0.05, 0) is 26.8 Å². The Labute approximate surface area is 103 Å². The van der Waals surface area contributed by atoms with Crippen LogP contribution in [0.1, 0.15) is 31.1 Å². The van der Waals surface area contributed by atoms with Crippen molar-refractivity contribution in [2.24, 2.45) is 0 Å². The molecule has 0 saturated carbocycles. The maximum atomic E-state index is 11.8.